The number of thioether (sulfide) groups is 1. The second kappa shape index (κ2) is 5.07. The molecule has 1 aliphatic heterocycles. The van der Waals surface area contributed by atoms with E-state index in [0.717, 1.165) is 34.1 Å². The lowest BCUT2D eigenvalue weighted by atomic mass is 9.70. The summed E-state index contributed by atoms with van der Waals surface area (Å²) >= 11 is 8.13. The molecule has 0 aliphatic carbocycles. The second-order valence-electron chi connectivity index (χ2n) is 5.99. The van der Waals surface area contributed by atoms with Crippen molar-refractivity contribution < 1.29 is 5.11 Å². The number of halogens is 1. The highest BCUT2D eigenvalue weighted by atomic mass is 35.5. The molecule has 0 aromatic heterocycles. The SMILES string of the molecule is Cc1ccc(CC2(O)CSCCC2(C)C)c(Cl)c1. The Hall–Kier alpha value is -0.180. The average molecular weight is 285 g/mol. The largest absolute Gasteiger partial charge is 0.388 e. The van der Waals surface area contributed by atoms with Crippen LogP contribution >= 0.6 is 23.4 Å². The first kappa shape index (κ1) is 14.2. The van der Waals surface area contributed by atoms with Crippen LogP contribution in [0.5, 0.6) is 0 Å². The van der Waals surface area contributed by atoms with Crippen molar-refractivity contribution in [1.29, 1.82) is 0 Å². The molecule has 18 heavy (non-hydrogen) atoms. The van der Waals surface area contributed by atoms with Crippen molar-refractivity contribution in [3.63, 3.8) is 0 Å². The zero-order chi connectivity index (χ0) is 13.4. The summed E-state index contributed by atoms with van der Waals surface area (Å²) in [5.41, 5.74) is 1.51. The maximum atomic E-state index is 11.0. The summed E-state index contributed by atoms with van der Waals surface area (Å²) in [5, 5.41) is 11.7. The fraction of sp³-hybridized carbons (Fsp3) is 0.600. The van der Waals surface area contributed by atoms with Gasteiger partial charge in [0, 0.05) is 17.2 Å². The predicted octanol–water partition coefficient (Wildman–Crippen LogP) is 4.09. The highest BCUT2D eigenvalue weighted by Crippen LogP contribution is 2.44. The molecule has 1 nitrogen and oxygen atoms in total. The van der Waals surface area contributed by atoms with Gasteiger partial charge in [0.15, 0.2) is 0 Å². The lowest BCUT2D eigenvalue weighted by molar-refractivity contribution is -0.0512. The highest BCUT2D eigenvalue weighted by Gasteiger charge is 2.45. The molecule has 1 aliphatic rings. The molecule has 0 spiro atoms. The molecule has 0 bridgehead atoms. The number of aliphatic hydroxyl groups is 1. The maximum Gasteiger partial charge on any atom is 0.0829 e. The molecular formula is C15H21ClOS. The summed E-state index contributed by atoms with van der Waals surface area (Å²) in [5.74, 6) is 1.93. The van der Waals surface area contributed by atoms with E-state index < -0.39 is 5.60 Å². The van der Waals surface area contributed by atoms with Gasteiger partial charge in [-0.2, -0.15) is 11.8 Å². The Balaban J connectivity index is 2.26. The van der Waals surface area contributed by atoms with Gasteiger partial charge in [-0.1, -0.05) is 37.6 Å². The van der Waals surface area contributed by atoms with E-state index in [1.54, 1.807) is 0 Å². The Bertz CT molecular complexity index is 444. The molecular weight excluding hydrogens is 264 g/mol. The fourth-order valence-electron chi connectivity index (χ4n) is 2.40. The molecule has 0 amide bonds. The van der Waals surface area contributed by atoms with Crippen LogP contribution in [0, 0.1) is 12.3 Å². The number of benzene rings is 1. The van der Waals surface area contributed by atoms with Gasteiger partial charge in [0.25, 0.3) is 0 Å². The third-order valence-electron chi connectivity index (χ3n) is 4.16. The Kier molecular flexibility index (Phi) is 4.01. The quantitative estimate of drug-likeness (QED) is 0.883. The van der Waals surface area contributed by atoms with E-state index in [9.17, 15) is 5.11 Å². The van der Waals surface area contributed by atoms with Gasteiger partial charge in [0.1, 0.15) is 0 Å². The van der Waals surface area contributed by atoms with E-state index in [1.165, 1.54) is 0 Å². The van der Waals surface area contributed by atoms with Crippen molar-refractivity contribution in [3.8, 4) is 0 Å². The number of hydrogen-bond acceptors (Lipinski definition) is 2. The normalized spacial score (nSPS) is 27.2. The lowest BCUT2D eigenvalue weighted by Crippen LogP contribution is -2.51. The molecule has 0 saturated carbocycles. The smallest absolute Gasteiger partial charge is 0.0829 e. The standard InChI is InChI=1S/C15H21ClOS/c1-11-4-5-12(13(16)8-11)9-15(17)10-18-7-6-14(15,2)3/h4-5,8,17H,6-7,9-10H2,1-3H3. The molecule has 3 heteroatoms. The van der Waals surface area contributed by atoms with Gasteiger partial charge in [0.05, 0.1) is 5.60 Å². The van der Waals surface area contributed by atoms with Gasteiger partial charge in [-0.15, -0.1) is 0 Å². The van der Waals surface area contributed by atoms with Gasteiger partial charge < -0.3 is 5.11 Å². The van der Waals surface area contributed by atoms with E-state index in [-0.39, 0.29) is 5.41 Å². The molecule has 1 N–H and O–H groups in total. The summed E-state index contributed by atoms with van der Waals surface area (Å²) in [6.45, 7) is 6.36. The van der Waals surface area contributed by atoms with Crippen molar-refractivity contribution in [2.24, 2.45) is 5.41 Å². The van der Waals surface area contributed by atoms with E-state index in [4.69, 9.17) is 11.6 Å². The van der Waals surface area contributed by atoms with Gasteiger partial charge in [-0.25, -0.2) is 0 Å². The predicted molar refractivity (Wildman–Crippen MR) is 80.6 cm³/mol. The van der Waals surface area contributed by atoms with Crippen LogP contribution in [-0.4, -0.2) is 22.2 Å². The van der Waals surface area contributed by atoms with Crippen LogP contribution < -0.4 is 0 Å². The topological polar surface area (TPSA) is 20.2 Å². The van der Waals surface area contributed by atoms with Crippen molar-refractivity contribution >= 4 is 23.4 Å². The highest BCUT2D eigenvalue weighted by molar-refractivity contribution is 7.99. The van der Waals surface area contributed by atoms with Crippen molar-refractivity contribution in [1.82, 2.24) is 0 Å². The van der Waals surface area contributed by atoms with Crippen LogP contribution in [0.2, 0.25) is 5.02 Å². The summed E-state index contributed by atoms with van der Waals surface area (Å²) in [4.78, 5) is 0. The maximum absolute atomic E-state index is 11.0. The molecule has 1 aromatic rings. The third-order valence-corrected chi connectivity index (χ3v) is 5.69. The molecule has 100 valence electrons. The minimum Gasteiger partial charge on any atom is -0.388 e. The molecule has 1 heterocycles. The second-order valence-corrected chi connectivity index (χ2v) is 7.50. The fourth-order valence-corrected chi connectivity index (χ4v) is 4.33. The number of rotatable bonds is 2. The first-order valence-corrected chi connectivity index (χ1v) is 7.92. The van der Waals surface area contributed by atoms with Crippen molar-refractivity contribution in [2.75, 3.05) is 11.5 Å². The summed E-state index contributed by atoms with van der Waals surface area (Å²) < 4.78 is 0. The molecule has 1 saturated heterocycles. The first-order chi connectivity index (χ1) is 8.34. The van der Waals surface area contributed by atoms with E-state index in [2.05, 4.69) is 19.9 Å². The van der Waals surface area contributed by atoms with Gasteiger partial charge in [-0.3, -0.25) is 0 Å². The molecule has 0 radical (unpaired) electrons. The Labute approximate surface area is 119 Å². The molecule has 1 aromatic carbocycles. The van der Waals surface area contributed by atoms with Crippen LogP contribution in [0.1, 0.15) is 31.4 Å². The van der Waals surface area contributed by atoms with E-state index in [0.29, 0.717) is 6.42 Å². The molecule has 2 rings (SSSR count). The van der Waals surface area contributed by atoms with Crippen LogP contribution in [0.15, 0.2) is 18.2 Å². The minimum absolute atomic E-state index is 0.0491. The molecule has 1 unspecified atom stereocenters. The number of aryl methyl sites for hydroxylation is 1. The average Bonchev–Trinajstić information content (AvgIpc) is 2.27. The van der Waals surface area contributed by atoms with Crippen molar-refractivity contribution in [3.05, 3.63) is 34.3 Å². The molecule has 1 atom stereocenters. The molecule has 1 fully saturated rings. The zero-order valence-electron chi connectivity index (χ0n) is 11.3. The lowest BCUT2D eigenvalue weighted by Gasteiger charge is -2.46. The van der Waals surface area contributed by atoms with Crippen molar-refractivity contribution in [2.45, 2.75) is 39.2 Å². The zero-order valence-corrected chi connectivity index (χ0v) is 12.9. The summed E-state index contributed by atoms with van der Waals surface area (Å²) in [6, 6.07) is 6.09. The Morgan fingerprint density at radius 2 is 2.11 bits per heavy atom. The Morgan fingerprint density at radius 3 is 2.72 bits per heavy atom. The third kappa shape index (κ3) is 2.71. The van der Waals surface area contributed by atoms with Crippen LogP contribution in [-0.2, 0) is 6.42 Å². The van der Waals surface area contributed by atoms with Gasteiger partial charge in [-0.05, 0) is 41.7 Å². The summed E-state index contributed by atoms with van der Waals surface area (Å²) in [7, 11) is 0. The van der Waals surface area contributed by atoms with E-state index in [1.807, 2.05) is 30.8 Å². The van der Waals surface area contributed by atoms with E-state index >= 15 is 0 Å². The Morgan fingerprint density at radius 1 is 1.39 bits per heavy atom. The van der Waals surface area contributed by atoms with Gasteiger partial charge in [0.2, 0.25) is 0 Å². The van der Waals surface area contributed by atoms with Crippen LogP contribution in [0.3, 0.4) is 0 Å². The monoisotopic (exact) mass is 284 g/mol. The van der Waals surface area contributed by atoms with Crippen LogP contribution in [0.25, 0.3) is 0 Å². The minimum atomic E-state index is -0.658. The summed E-state index contributed by atoms with van der Waals surface area (Å²) in [6.07, 6.45) is 1.70. The number of hydrogen-bond donors (Lipinski definition) is 1. The van der Waals surface area contributed by atoms with Gasteiger partial charge >= 0.3 is 0 Å². The van der Waals surface area contributed by atoms with Crippen LogP contribution in [0.4, 0.5) is 0 Å². The first-order valence-electron chi connectivity index (χ1n) is 6.39.